The van der Waals surface area contributed by atoms with Gasteiger partial charge in [-0.15, -0.1) is 0 Å². The first-order chi connectivity index (χ1) is 7.38. The molecule has 6 heteroatoms. The SMILES string of the molecule is CCCCN1N=CN(C(C)C)C1C(F)(F)F. The number of halogens is 3. The van der Waals surface area contributed by atoms with E-state index in [1.165, 1.54) is 11.2 Å². The van der Waals surface area contributed by atoms with Gasteiger partial charge in [-0.25, -0.2) is 0 Å². The third kappa shape index (κ3) is 2.80. The molecular weight excluding hydrogens is 219 g/mol. The maximum atomic E-state index is 12.9. The Kier molecular flexibility index (Phi) is 4.04. The zero-order valence-corrected chi connectivity index (χ0v) is 9.83. The molecule has 0 fully saturated rings. The van der Waals surface area contributed by atoms with Gasteiger partial charge < -0.3 is 4.90 Å². The van der Waals surface area contributed by atoms with Crippen LogP contribution in [0.4, 0.5) is 13.2 Å². The molecule has 0 saturated carbocycles. The summed E-state index contributed by atoms with van der Waals surface area (Å²) in [7, 11) is 0. The fraction of sp³-hybridized carbons (Fsp3) is 0.900. The van der Waals surface area contributed by atoms with E-state index in [0.29, 0.717) is 6.54 Å². The first-order valence-corrected chi connectivity index (χ1v) is 5.52. The van der Waals surface area contributed by atoms with Crippen LogP contribution < -0.4 is 0 Å². The molecule has 0 spiro atoms. The number of rotatable bonds is 4. The highest BCUT2D eigenvalue weighted by Crippen LogP contribution is 2.31. The lowest BCUT2D eigenvalue weighted by Gasteiger charge is -2.34. The van der Waals surface area contributed by atoms with E-state index >= 15 is 0 Å². The largest absolute Gasteiger partial charge is 0.429 e. The smallest absolute Gasteiger partial charge is 0.330 e. The molecule has 0 aromatic rings. The Morgan fingerprint density at radius 3 is 2.44 bits per heavy atom. The number of unbranched alkanes of at least 4 members (excludes halogenated alkanes) is 1. The average molecular weight is 237 g/mol. The molecule has 0 radical (unpaired) electrons. The number of hydrogen-bond acceptors (Lipinski definition) is 3. The molecule has 0 saturated heterocycles. The van der Waals surface area contributed by atoms with Gasteiger partial charge in [-0.3, -0.25) is 5.01 Å². The lowest BCUT2D eigenvalue weighted by atomic mass is 10.2. The molecule has 1 rings (SSSR count). The summed E-state index contributed by atoms with van der Waals surface area (Å²) in [4.78, 5) is 1.25. The fourth-order valence-corrected chi connectivity index (χ4v) is 1.66. The van der Waals surface area contributed by atoms with Gasteiger partial charge in [-0.2, -0.15) is 18.3 Å². The molecule has 0 bridgehead atoms. The van der Waals surface area contributed by atoms with Crippen LogP contribution in [0.25, 0.3) is 0 Å². The number of hydrogen-bond donors (Lipinski definition) is 0. The Balaban J connectivity index is 2.76. The van der Waals surface area contributed by atoms with Gasteiger partial charge in [0.1, 0.15) is 6.34 Å². The van der Waals surface area contributed by atoms with Crippen LogP contribution in [0.3, 0.4) is 0 Å². The van der Waals surface area contributed by atoms with Crippen molar-refractivity contribution in [2.45, 2.75) is 52.0 Å². The van der Waals surface area contributed by atoms with Crippen molar-refractivity contribution in [3.8, 4) is 0 Å². The summed E-state index contributed by atoms with van der Waals surface area (Å²) in [5, 5.41) is 4.97. The van der Waals surface area contributed by atoms with Crippen molar-refractivity contribution in [2.75, 3.05) is 6.54 Å². The summed E-state index contributed by atoms with van der Waals surface area (Å²) < 4.78 is 38.7. The molecule has 0 aromatic carbocycles. The zero-order chi connectivity index (χ0) is 12.3. The Hall–Kier alpha value is -0.940. The minimum atomic E-state index is -4.27. The minimum Gasteiger partial charge on any atom is -0.330 e. The third-order valence-electron chi connectivity index (χ3n) is 2.53. The number of alkyl halides is 3. The molecule has 1 aliphatic heterocycles. The summed E-state index contributed by atoms with van der Waals surface area (Å²) in [5.74, 6) is 0. The molecule has 1 heterocycles. The molecular formula is C10H18F3N3. The van der Waals surface area contributed by atoms with E-state index in [2.05, 4.69) is 5.10 Å². The highest BCUT2D eigenvalue weighted by molar-refractivity contribution is 5.57. The highest BCUT2D eigenvalue weighted by Gasteiger charge is 2.49. The van der Waals surface area contributed by atoms with Crippen molar-refractivity contribution in [3.63, 3.8) is 0 Å². The molecule has 3 nitrogen and oxygen atoms in total. The van der Waals surface area contributed by atoms with Crippen LogP contribution in [0.15, 0.2) is 5.10 Å². The van der Waals surface area contributed by atoms with Crippen molar-refractivity contribution in [3.05, 3.63) is 0 Å². The van der Waals surface area contributed by atoms with E-state index in [1.807, 2.05) is 6.92 Å². The quantitative estimate of drug-likeness (QED) is 0.748. The van der Waals surface area contributed by atoms with Gasteiger partial charge in [0.05, 0.1) is 0 Å². The molecule has 1 atom stereocenters. The zero-order valence-electron chi connectivity index (χ0n) is 9.83. The average Bonchev–Trinajstić information content (AvgIpc) is 2.57. The van der Waals surface area contributed by atoms with Crippen molar-refractivity contribution >= 4 is 6.34 Å². The Labute approximate surface area is 93.9 Å². The second kappa shape index (κ2) is 4.93. The molecule has 0 N–H and O–H groups in total. The Bertz CT molecular complexity index is 250. The molecule has 0 amide bonds. The van der Waals surface area contributed by atoms with Crippen LogP contribution >= 0.6 is 0 Å². The van der Waals surface area contributed by atoms with Gasteiger partial charge in [-0.05, 0) is 20.3 Å². The molecule has 1 unspecified atom stereocenters. The van der Waals surface area contributed by atoms with Crippen molar-refractivity contribution in [1.29, 1.82) is 0 Å². The lowest BCUT2D eigenvalue weighted by molar-refractivity contribution is -0.210. The van der Waals surface area contributed by atoms with E-state index < -0.39 is 12.3 Å². The Morgan fingerprint density at radius 1 is 1.38 bits per heavy atom. The van der Waals surface area contributed by atoms with Crippen molar-refractivity contribution < 1.29 is 13.2 Å². The summed E-state index contributed by atoms with van der Waals surface area (Å²) in [6.45, 7) is 5.76. The van der Waals surface area contributed by atoms with E-state index in [9.17, 15) is 13.2 Å². The van der Waals surface area contributed by atoms with Gasteiger partial charge in [-0.1, -0.05) is 13.3 Å². The van der Waals surface area contributed by atoms with Gasteiger partial charge in [0, 0.05) is 12.6 Å². The van der Waals surface area contributed by atoms with Crippen molar-refractivity contribution in [2.24, 2.45) is 5.10 Å². The van der Waals surface area contributed by atoms with Gasteiger partial charge in [0.2, 0.25) is 6.17 Å². The topological polar surface area (TPSA) is 18.8 Å². The van der Waals surface area contributed by atoms with Crippen LogP contribution in [-0.4, -0.2) is 41.2 Å². The number of nitrogens with zero attached hydrogens (tertiary/aromatic N) is 3. The molecule has 0 aliphatic carbocycles. The summed E-state index contributed by atoms with van der Waals surface area (Å²) >= 11 is 0. The number of hydrazone groups is 1. The molecule has 0 aromatic heterocycles. The second-order valence-corrected chi connectivity index (χ2v) is 4.20. The third-order valence-corrected chi connectivity index (χ3v) is 2.53. The lowest BCUT2D eigenvalue weighted by Crippen LogP contribution is -2.52. The summed E-state index contributed by atoms with van der Waals surface area (Å²) in [6.07, 6.45) is -3.00. The standard InChI is InChI=1S/C10H18F3N3/c1-4-5-6-16-9(10(11,12)13)15(7-14-16)8(2)3/h7-9H,4-6H2,1-3H3. The second-order valence-electron chi connectivity index (χ2n) is 4.20. The van der Waals surface area contributed by atoms with Gasteiger partial charge >= 0.3 is 6.18 Å². The van der Waals surface area contributed by atoms with Gasteiger partial charge in [0.25, 0.3) is 0 Å². The fourth-order valence-electron chi connectivity index (χ4n) is 1.66. The van der Waals surface area contributed by atoms with E-state index in [1.54, 1.807) is 13.8 Å². The minimum absolute atomic E-state index is 0.206. The maximum absolute atomic E-state index is 12.9. The predicted octanol–water partition coefficient (Wildman–Crippen LogP) is 2.64. The molecule has 1 aliphatic rings. The van der Waals surface area contributed by atoms with E-state index in [-0.39, 0.29) is 6.04 Å². The molecule has 16 heavy (non-hydrogen) atoms. The summed E-state index contributed by atoms with van der Waals surface area (Å²) in [5.41, 5.74) is 0. The summed E-state index contributed by atoms with van der Waals surface area (Å²) in [6, 6.07) is -0.206. The van der Waals surface area contributed by atoms with Crippen molar-refractivity contribution in [1.82, 2.24) is 9.91 Å². The Morgan fingerprint density at radius 2 is 2.00 bits per heavy atom. The van der Waals surface area contributed by atoms with E-state index in [0.717, 1.165) is 17.9 Å². The van der Waals surface area contributed by atoms with Crippen LogP contribution in [0, 0.1) is 0 Å². The van der Waals surface area contributed by atoms with E-state index in [4.69, 9.17) is 0 Å². The van der Waals surface area contributed by atoms with Crippen LogP contribution in [0.5, 0.6) is 0 Å². The maximum Gasteiger partial charge on any atom is 0.429 e. The first-order valence-electron chi connectivity index (χ1n) is 5.52. The van der Waals surface area contributed by atoms with Crippen LogP contribution in [0.2, 0.25) is 0 Å². The highest BCUT2D eigenvalue weighted by atomic mass is 19.4. The predicted molar refractivity (Wildman–Crippen MR) is 56.9 cm³/mol. The normalized spacial score (nSPS) is 21.3. The van der Waals surface area contributed by atoms with Crippen LogP contribution in [-0.2, 0) is 0 Å². The molecule has 94 valence electrons. The first kappa shape index (κ1) is 13.1. The monoisotopic (exact) mass is 237 g/mol. The van der Waals surface area contributed by atoms with Crippen LogP contribution in [0.1, 0.15) is 33.6 Å². The van der Waals surface area contributed by atoms with Gasteiger partial charge in [0.15, 0.2) is 0 Å².